The molecular formula is C12H15FN2O5. The fourth-order valence-corrected chi connectivity index (χ4v) is 2.21. The van der Waals surface area contributed by atoms with Crippen molar-refractivity contribution in [1.29, 1.82) is 0 Å². The first kappa shape index (κ1) is 14.4. The van der Waals surface area contributed by atoms with Crippen LogP contribution in [0.5, 0.6) is 0 Å². The number of hydrogen-bond donors (Lipinski definition) is 1. The van der Waals surface area contributed by atoms with Crippen molar-refractivity contribution in [2.45, 2.75) is 44.9 Å². The van der Waals surface area contributed by atoms with Crippen LogP contribution in [0.2, 0.25) is 0 Å². The molecule has 1 saturated heterocycles. The van der Waals surface area contributed by atoms with Crippen LogP contribution in [0.3, 0.4) is 0 Å². The van der Waals surface area contributed by atoms with Gasteiger partial charge in [-0.1, -0.05) is 6.92 Å². The Balaban J connectivity index is 2.32. The Morgan fingerprint density at radius 3 is 2.80 bits per heavy atom. The minimum absolute atomic E-state index is 0.424. The summed E-state index contributed by atoms with van der Waals surface area (Å²) in [5.74, 6) is -0.617. The first-order chi connectivity index (χ1) is 9.43. The third-order valence-corrected chi connectivity index (χ3v) is 3.10. The predicted molar refractivity (Wildman–Crippen MR) is 66.0 cm³/mol. The van der Waals surface area contributed by atoms with Crippen LogP contribution in [0.25, 0.3) is 0 Å². The molecule has 1 aliphatic heterocycles. The van der Waals surface area contributed by atoms with Crippen LogP contribution in [0, 0.1) is 0 Å². The second-order valence-corrected chi connectivity index (χ2v) is 4.51. The highest BCUT2D eigenvalue weighted by Crippen LogP contribution is 2.34. The summed E-state index contributed by atoms with van der Waals surface area (Å²) in [5.41, 5.74) is -1.35. The molecule has 20 heavy (non-hydrogen) atoms. The quantitative estimate of drug-likeness (QED) is 0.797. The Bertz CT molecular complexity index is 610. The number of halogens is 1. The van der Waals surface area contributed by atoms with Gasteiger partial charge in [0.1, 0.15) is 6.10 Å². The Hall–Kier alpha value is -1.96. The smallest absolute Gasteiger partial charge is 0.330 e. The highest BCUT2D eigenvalue weighted by molar-refractivity contribution is 5.66. The van der Waals surface area contributed by atoms with Gasteiger partial charge in [0.05, 0.1) is 0 Å². The molecule has 2 rings (SSSR count). The summed E-state index contributed by atoms with van der Waals surface area (Å²) in [6, 6.07) is 1.09. The molecule has 0 aliphatic carbocycles. The molecule has 2 heterocycles. The number of nitrogens with one attached hydrogen (secondary N) is 1. The van der Waals surface area contributed by atoms with Crippen molar-refractivity contribution in [2.24, 2.45) is 0 Å². The van der Waals surface area contributed by atoms with E-state index in [2.05, 4.69) is 0 Å². The number of ether oxygens (including phenoxy) is 2. The number of esters is 1. The van der Waals surface area contributed by atoms with E-state index in [9.17, 15) is 18.8 Å². The minimum Gasteiger partial charge on any atom is -0.456 e. The van der Waals surface area contributed by atoms with Crippen molar-refractivity contribution in [1.82, 2.24) is 9.55 Å². The lowest BCUT2D eigenvalue weighted by atomic mass is 10.1. The van der Waals surface area contributed by atoms with Crippen molar-refractivity contribution >= 4 is 5.97 Å². The van der Waals surface area contributed by atoms with Gasteiger partial charge in [-0.3, -0.25) is 19.1 Å². The van der Waals surface area contributed by atoms with Gasteiger partial charge < -0.3 is 9.47 Å². The van der Waals surface area contributed by atoms with Crippen LogP contribution < -0.4 is 11.2 Å². The minimum atomic E-state index is -1.69. The molecule has 0 bridgehead atoms. The van der Waals surface area contributed by atoms with Crippen molar-refractivity contribution in [3.8, 4) is 0 Å². The number of rotatable bonds is 3. The first-order valence-corrected chi connectivity index (χ1v) is 6.22. The maximum Gasteiger partial charge on any atom is 0.330 e. The summed E-state index contributed by atoms with van der Waals surface area (Å²) in [7, 11) is 0. The van der Waals surface area contributed by atoms with Crippen LogP contribution in [0.4, 0.5) is 4.39 Å². The lowest BCUT2D eigenvalue weighted by Gasteiger charge is -2.17. The van der Waals surface area contributed by atoms with Gasteiger partial charge in [-0.05, 0) is 6.42 Å². The Kier molecular flexibility index (Phi) is 4.03. The molecule has 0 aromatic carbocycles. The van der Waals surface area contributed by atoms with Crippen LogP contribution in [-0.4, -0.2) is 33.9 Å². The van der Waals surface area contributed by atoms with Crippen LogP contribution >= 0.6 is 0 Å². The zero-order chi connectivity index (χ0) is 14.9. The molecule has 0 amide bonds. The maximum absolute atomic E-state index is 14.4. The molecule has 110 valence electrons. The molecule has 8 heteroatoms. The van der Waals surface area contributed by atoms with Gasteiger partial charge >= 0.3 is 11.7 Å². The normalized spacial score (nSPS) is 29.4. The van der Waals surface area contributed by atoms with Gasteiger partial charge in [0.2, 0.25) is 0 Å². The zero-order valence-corrected chi connectivity index (χ0v) is 11.0. The maximum atomic E-state index is 14.4. The van der Waals surface area contributed by atoms with Gasteiger partial charge in [-0.25, -0.2) is 9.18 Å². The van der Waals surface area contributed by atoms with Gasteiger partial charge in [0.25, 0.3) is 5.56 Å². The SMILES string of the molecule is CC[C@H]1O[C@@H](n2ccc(=O)[nH]c2=O)C(F)[C@H]1OC(C)=O. The third kappa shape index (κ3) is 2.64. The summed E-state index contributed by atoms with van der Waals surface area (Å²) in [5, 5.41) is 0. The highest BCUT2D eigenvalue weighted by atomic mass is 19.1. The first-order valence-electron chi connectivity index (χ1n) is 6.22. The van der Waals surface area contributed by atoms with E-state index in [4.69, 9.17) is 9.47 Å². The van der Waals surface area contributed by atoms with E-state index in [-0.39, 0.29) is 0 Å². The second-order valence-electron chi connectivity index (χ2n) is 4.51. The summed E-state index contributed by atoms with van der Waals surface area (Å²) >= 11 is 0. The number of carbonyl (C=O) groups excluding carboxylic acids is 1. The fourth-order valence-electron chi connectivity index (χ4n) is 2.21. The summed E-state index contributed by atoms with van der Waals surface area (Å²) in [6.07, 6.45) is -3.05. The lowest BCUT2D eigenvalue weighted by molar-refractivity contribution is -0.151. The number of aromatic nitrogens is 2. The zero-order valence-electron chi connectivity index (χ0n) is 11.0. The van der Waals surface area contributed by atoms with E-state index >= 15 is 0 Å². The predicted octanol–water partition coefficient (Wildman–Crippen LogP) is 0.114. The number of nitrogens with zero attached hydrogens (tertiary/aromatic N) is 1. The van der Waals surface area contributed by atoms with E-state index < -0.39 is 41.8 Å². The Morgan fingerprint density at radius 1 is 1.55 bits per heavy atom. The van der Waals surface area contributed by atoms with Gasteiger partial charge in [-0.2, -0.15) is 0 Å². The number of hydrogen-bond acceptors (Lipinski definition) is 5. The largest absolute Gasteiger partial charge is 0.456 e. The molecule has 0 spiro atoms. The number of alkyl halides is 1. The number of carbonyl (C=O) groups is 1. The Labute approximate surface area is 113 Å². The average Bonchev–Trinajstić information content (AvgIpc) is 2.67. The van der Waals surface area contributed by atoms with Crippen molar-refractivity contribution in [3.63, 3.8) is 0 Å². The summed E-state index contributed by atoms with van der Waals surface area (Å²) < 4.78 is 25.7. The van der Waals surface area contributed by atoms with E-state index in [0.717, 1.165) is 16.8 Å². The van der Waals surface area contributed by atoms with Gasteiger partial charge in [0.15, 0.2) is 18.5 Å². The fraction of sp³-hybridized carbons (Fsp3) is 0.583. The van der Waals surface area contributed by atoms with E-state index in [1.807, 2.05) is 4.98 Å². The molecule has 1 aromatic rings. The molecule has 4 atom stereocenters. The van der Waals surface area contributed by atoms with Gasteiger partial charge in [-0.15, -0.1) is 0 Å². The molecule has 7 nitrogen and oxygen atoms in total. The molecule has 1 unspecified atom stereocenters. The van der Waals surface area contributed by atoms with E-state index in [1.54, 1.807) is 6.92 Å². The molecule has 0 saturated carbocycles. The topological polar surface area (TPSA) is 90.4 Å². The molecule has 0 radical (unpaired) electrons. The van der Waals surface area contributed by atoms with Crippen LogP contribution in [-0.2, 0) is 14.3 Å². The second kappa shape index (κ2) is 5.58. The van der Waals surface area contributed by atoms with Crippen LogP contribution in [0.15, 0.2) is 21.9 Å². The molecule has 1 N–H and O–H groups in total. The van der Waals surface area contributed by atoms with Crippen molar-refractivity contribution in [2.75, 3.05) is 0 Å². The van der Waals surface area contributed by atoms with Crippen LogP contribution in [0.1, 0.15) is 26.5 Å². The van der Waals surface area contributed by atoms with Crippen molar-refractivity contribution < 1.29 is 18.7 Å². The van der Waals surface area contributed by atoms with E-state index in [0.29, 0.717) is 6.42 Å². The Morgan fingerprint density at radius 2 is 2.25 bits per heavy atom. The standard InChI is InChI=1S/C12H15FN2O5/c1-3-7-10(19-6(2)16)9(13)11(20-7)15-5-4-8(17)14-12(15)18/h4-5,7,9-11H,3H2,1-2H3,(H,14,17,18)/t7-,9?,10+,11-/m1/s1. The average molecular weight is 286 g/mol. The highest BCUT2D eigenvalue weighted by Gasteiger charge is 2.47. The van der Waals surface area contributed by atoms with Crippen molar-refractivity contribution in [3.05, 3.63) is 33.1 Å². The summed E-state index contributed by atoms with van der Waals surface area (Å²) in [6.45, 7) is 2.94. The number of aromatic amines is 1. The molecule has 1 aliphatic rings. The third-order valence-electron chi connectivity index (χ3n) is 3.10. The summed E-state index contributed by atoms with van der Waals surface area (Å²) in [4.78, 5) is 35.7. The molecule has 1 aromatic heterocycles. The van der Waals surface area contributed by atoms with Gasteiger partial charge in [0, 0.05) is 19.2 Å². The molecular weight excluding hydrogens is 271 g/mol. The lowest BCUT2D eigenvalue weighted by Crippen LogP contribution is -2.37. The monoisotopic (exact) mass is 286 g/mol. The molecule has 1 fully saturated rings. The number of H-pyrrole nitrogens is 1. The van der Waals surface area contributed by atoms with E-state index in [1.165, 1.54) is 6.92 Å².